The average molecular weight is 438 g/mol. The maximum absolute atomic E-state index is 13.0. The maximum atomic E-state index is 13.0. The Morgan fingerprint density at radius 1 is 0.906 bits per heavy atom. The highest BCUT2D eigenvalue weighted by Gasteiger charge is 2.28. The Hall–Kier alpha value is -2.29. The Bertz CT molecular complexity index is 881. The summed E-state index contributed by atoms with van der Waals surface area (Å²) in [7, 11) is 0. The summed E-state index contributed by atoms with van der Waals surface area (Å²) in [6.07, 6.45) is 4.29. The molecule has 1 atom stereocenters. The van der Waals surface area contributed by atoms with E-state index < -0.39 is 6.10 Å². The summed E-state index contributed by atoms with van der Waals surface area (Å²) in [6, 6.07) is 14.6. The standard InChI is InChI=1S/C29H43NO2/c1-9-13-21-14-17-23(18-15-21)30-27(31)25(10-2)32-26-19-16-22(28(5,6)11-3)20-24(26)29(7,8)12-4/h14-20,25H,9-13H2,1-8H3,(H,30,31). The lowest BCUT2D eigenvalue weighted by molar-refractivity contribution is -0.122. The molecule has 0 radical (unpaired) electrons. The molecule has 0 spiro atoms. The monoisotopic (exact) mass is 437 g/mol. The molecule has 0 aliphatic heterocycles. The highest BCUT2D eigenvalue weighted by atomic mass is 16.5. The fraction of sp³-hybridized carbons (Fsp3) is 0.552. The number of ether oxygens (including phenoxy) is 1. The Morgan fingerprint density at radius 3 is 2.06 bits per heavy atom. The molecular weight excluding hydrogens is 394 g/mol. The normalized spacial score (nSPS) is 13.0. The summed E-state index contributed by atoms with van der Waals surface area (Å²) in [5.74, 6) is 0.710. The number of aryl methyl sites for hydroxylation is 1. The minimum absolute atomic E-state index is 0.0426. The first-order valence-electron chi connectivity index (χ1n) is 12.3. The number of nitrogens with one attached hydrogen (secondary N) is 1. The largest absolute Gasteiger partial charge is 0.480 e. The lowest BCUT2D eigenvalue weighted by Crippen LogP contribution is -2.33. The van der Waals surface area contributed by atoms with Gasteiger partial charge in [-0.25, -0.2) is 0 Å². The third-order valence-electron chi connectivity index (χ3n) is 6.95. The highest BCUT2D eigenvalue weighted by Crippen LogP contribution is 2.39. The van der Waals surface area contributed by atoms with Crippen molar-refractivity contribution >= 4 is 11.6 Å². The van der Waals surface area contributed by atoms with Crippen molar-refractivity contribution in [3.8, 4) is 5.75 Å². The zero-order valence-electron chi connectivity index (χ0n) is 21.5. The Morgan fingerprint density at radius 2 is 1.53 bits per heavy atom. The molecule has 0 saturated carbocycles. The molecule has 2 aromatic rings. The topological polar surface area (TPSA) is 38.3 Å². The summed E-state index contributed by atoms with van der Waals surface area (Å²) >= 11 is 0. The molecule has 176 valence electrons. The van der Waals surface area contributed by atoms with E-state index in [0.29, 0.717) is 6.42 Å². The maximum Gasteiger partial charge on any atom is 0.265 e. The molecule has 0 bridgehead atoms. The second-order valence-electron chi connectivity index (χ2n) is 10.1. The number of hydrogen-bond acceptors (Lipinski definition) is 2. The third-order valence-corrected chi connectivity index (χ3v) is 6.95. The van der Waals surface area contributed by atoms with Crippen LogP contribution in [0.2, 0.25) is 0 Å². The van der Waals surface area contributed by atoms with Crippen LogP contribution in [0.3, 0.4) is 0 Å². The second kappa shape index (κ2) is 11.0. The van der Waals surface area contributed by atoms with Gasteiger partial charge in [0.05, 0.1) is 0 Å². The highest BCUT2D eigenvalue weighted by molar-refractivity contribution is 5.94. The molecule has 0 aliphatic rings. The average Bonchev–Trinajstić information content (AvgIpc) is 2.78. The lowest BCUT2D eigenvalue weighted by atomic mass is 9.76. The van der Waals surface area contributed by atoms with Crippen LogP contribution in [0.25, 0.3) is 0 Å². The Balaban J connectivity index is 2.28. The first-order valence-corrected chi connectivity index (χ1v) is 12.3. The van der Waals surface area contributed by atoms with Crippen LogP contribution in [0.4, 0.5) is 5.69 Å². The van der Waals surface area contributed by atoms with Crippen LogP contribution in [0.15, 0.2) is 42.5 Å². The smallest absolute Gasteiger partial charge is 0.265 e. The molecule has 0 aromatic heterocycles. The zero-order valence-corrected chi connectivity index (χ0v) is 21.5. The summed E-state index contributed by atoms with van der Waals surface area (Å²) in [5, 5.41) is 3.04. The predicted octanol–water partition coefficient (Wildman–Crippen LogP) is 7.81. The van der Waals surface area contributed by atoms with Crippen molar-refractivity contribution in [1.29, 1.82) is 0 Å². The van der Waals surface area contributed by atoms with E-state index in [0.717, 1.165) is 37.1 Å². The van der Waals surface area contributed by atoms with Gasteiger partial charge >= 0.3 is 0 Å². The fourth-order valence-electron chi connectivity index (χ4n) is 3.72. The SMILES string of the molecule is CCCc1ccc(NC(=O)C(CC)Oc2ccc(C(C)(C)CC)cc2C(C)(C)CC)cc1. The Labute approximate surface area is 196 Å². The molecule has 32 heavy (non-hydrogen) atoms. The van der Waals surface area contributed by atoms with Crippen molar-refractivity contribution < 1.29 is 9.53 Å². The number of anilines is 1. The molecule has 0 aliphatic carbocycles. The Kier molecular flexibility index (Phi) is 8.95. The molecule has 2 aromatic carbocycles. The van der Waals surface area contributed by atoms with Gasteiger partial charge < -0.3 is 10.1 Å². The van der Waals surface area contributed by atoms with Gasteiger partial charge in [0.2, 0.25) is 0 Å². The molecule has 2 rings (SSSR count). The third kappa shape index (κ3) is 6.37. The van der Waals surface area contributed by atoms with Crippen molar-refractivity contribution in [1.82, 2.24) is 0 Å². The molecule has 0 heterocycles. The number of rotatable bonds is 11. The summed E-state index contributed by atoms with van der Waals surface area (Å²) in [4.78, 5) is 13.0. The van der Waals surface area contributed by atoms with Gasteiger partial charge in [0.1, 0.15) is 5.75 Å². The molecule has 3 heteroatoms. The van der Waals surface area contributed by atoms with E-state index in [1.807, 2.05) is 19.1 Å². The van der Waals surface area contributed by atoms with Gasteiger partial charge in [-0.1, -0.05) is 86.1 Å². The number of carbonyl (C=O) groups is 1. The quantitative estimate of drug-likeness (QED) is 0.389. The van der Waals surface area contributed by atoms with E-state index in [9.17, 15) is 4.79 Å². The van der Waals surface area contributed by atoms with E-state index in [2.05, 4.69) is 84.1 Å². The first-order chi connectivity index (χ1) is 15.1. The van der Waals surface area contributed by atoms with Crippen LogP contribution in [-0.2, 0) is 22.0 Å². The summed E-state index contributed by atoms with van der Waals surface area (Å²) < 4.78 is 6.37. The van der Waals surface area contributed by atoms with Gasteiger partial charge in [-0.3, -0.25) is 4.79 Å². The fourth-order valence-corrected chi connectivity index (χ4v) is 3.72. The van der Waals surface area contributed by atoms with Gasteiger partial charge in [0, 0.05) is 11.3 Å². The summed E-state index contributed by atoms with van der Waals surface area (Å²) in [6.45, 7) is 17.6. The van der Waals surface area contributed by atoms with Crippen molar-refractivity contribution in [2.24, 2.45) is 0 Å². The van der Waals surface area contributed by atoms with Crippen molar-refractivity contribution in [2.75, 3.05) is 5.32 Å². The molecule has 1 N–H and O–H groups in total. The van der Waals surface area contributed by atoms with Gasteiger partial charge in [-0.2, -0.15) is 0 Å². The van der Waals surface area contributed by atoms with Gasteiger partial charge in [0.15, 0.2) is 6.10 Å². The molecule has 0 saturated heterocycles. The van der Waals surface area contributed by atoms with Crippen molar-refractivity contribution in [3.63, 3.8) is 0 Å². The number of hydrogen-bond donors (Lipinski definition) is 1. The second-order valence-corrected chi connectivity index (χ2v) is 10.1. The van der Waals surface area contributed by atoms with Gasteiger partial charge in [-0.15, -0.1) is 0 Å². The molecule has 3 nitrogen and oxygen atoms in total. The molecular formula is C29H43NO2. The number of benzene rings is 2. The van der Waals surface area contributed by atoms with E-state index in [1.165, 1.54) is 16.7 Å². The molecule has 1 unspecified atom stereocenters. The lowest BCUT2D eigenvalue weighted by Gasteiger charge is -2.31. The molecule has 1 amide bonds. The van der Waals surface area contributed by atoms with E-state index >= 15 is 0 Å². The number of amides is 1. The van der Waals surface area contributed by atoms with Crippen LogP contribution in [-0.4, -0.2) is 12.0 Å². The van der Waals surface area contributed by atoms with Gasteiger partial charge in [-0.05, 0) is 65.8 Å². The summed E-state index contributed by atoms with van der Waals surface area (Å²) in [5.41, 5.74) is 4.64. The minimum atomic E-state index is -0.540. The van der Waals surface area contributed by atoms with E-state index in [4.69, 9.17) is 4.74 Å². The van der Waals surface area contributed by atoms with Crippen LogP contribution in [0.1, 0.15) is 97.8 Å². The van der Waals surface area contributed by atoms with Crippen LogP contribution in [0, 0.1) is 0 Å². The van der Waals surface area contributed by atoms with Crippen LogP contribution in [0.5, 0.6) is 5.75 Å². The van der Waals surface area contributed by atoms with Crippen molar-refractivity contribution in [2.45, 2.75) is 104 Å². The van der Waals surface area contributed by atoms with Gasteiger partial charge in [0.25, 0.3) is 5.91 Å². The predicted molar refractivity (Wildman–Crippen MR) is 137 cm³/mol. The number of carbonyl (C=O) groups excluding carboxylic acids is 1. The van der Waals surface area contributed by atoms with E-state index in [1.54, 1.807) is 0 Å². The van der Waals surface area contributed by atoms with E-state index in [-0.39, 0.29) is 16.7 Å². The van der Waals surface area contributed by atoms with Crippen LogP contribution >= 0.6 is 0 Å². The minimum Gasteiger partial charge on any atom is -0.480 e. The van der Waals surface area contributed by atoms with Crippen LogP contribution < -0.4 is 10.1 Å². The first kappa shape index (κ1) is 26.0. The zero-order chi connectivity index (χ0) is 23.9. The molecule has 0 fully saturated rings. The van der Waals surface area contributed by atoms with Crippen molar-refractivity contribution in [3.05, 3.63) is 59.2 Å².